The Morgan fingerprint density at radius 1 is 1.50 bits per heavy atom. The minimum absolute atomic E-state index is 0.0161. The van der Waals surface area contributed by atoms with Crippen molar-refractivity contribution in [1.82, 2.24) is 0 Å². The third-order valence-electron chi connectivity index (χ3n) is 0.719. The summed E-state index contributed by atoms with van der Waals surface area (Å²) in [5.41, 5.74) is 0. The van der Waals surface area contributed by atoms with Crippen LogP contribution < -0.4 is 0 Å². The minimum Gasteiger partial charge on any atom is -0.290 e. The highest BCUT2D eigenvalue weighted by molar-refractivity contribution is 7.91. The van der Waals surface area contributed by atoms with Crippen LogP contribution in [-0.4, -0.2) is 26.2 Å². The predicted octanol–water partition coefficient (Wildman–Crippen LogP) is -0.469. The van der Waals surface area contributed by atoms with Crippen molar-refractivity contribution >= 4 is 16.1 Å². The Hall–Kier alpha value is -0.380. The van der Waals surface area contributed by atoms with Gasteiger partial charge in [-0.25, -0.2) is 8.42 Å². The fraction of sp³-hybridized carbons (Fsp3) is 0.750. The second-order valence-corrected chi connectivity index (χ2v) is 3.67. The van der Waals surface area contributed by atoms with Crippen LogP contribution in [0.2, 0.25) is 0 Å². The first-order valence-electron chi connectivity index (χ1n) is 2.18. The van der Waals surface area contributed by atoms with E-state index in [1.54, 1.807) is 0 Å². The molecule has 0 aliphatic heterocycles. The summed E-state index contributed by atoms with van der Waals surface area (Å²) in [5, 5.41) is 0. The zero-order valence-corrected chi connectivity index (χ0v) is 5.36. The Bertz CT molecular complexity index is 156. The van der Waals surface area contributed by atoms with E-state index in [9.17, 15) is 13.2 Å². The highest BCUT2D eigenvalue weighted by atomic mass is 32.2. The van der Waals surface area contributed by atoms with E-state index in [0.29, 0.717) is 0 Å². The summed E-state index contributed by atoms with van der Waals surface area (Å²) in [6.45, 7) is 1.49. The number of carbonyl (C=O) groups excluding carboxylic acids is 1. The van der Waals surface area contributed by atoms with Crippen molar-refractivity contribution in [1.29, 1.82) is 0 Å². The molecule has 0 heterocycles. The van der Waals surface area contributed by atoms with Crippen LogP contribution >= 0.6 is 0 Å². The summed E-state index contributed by atoms with van der Waals surface area (Å²) >= 11 is 0. The second kappa shape index (κ2) is 2.81. The third kappa shape index (κ3) is 2.74. The molecule has 0 spiro atoms. The van der Waals surface area contributed by atoms with Gasteiger partial charge in [-0.15, -0.1) is 0 Å². The lowest BCUT2D eigenvalue weighted by molar-refractivity contribution is 0.557. The topological polar surface area (TPSA) is 51.2 Å². The van der Waals surface area contributed by atoms with Crippen molar-refractivity contribution in [3.05, 3.63) is 0 Å². The average molecular weight is 135 g/mol. The molecule has 0 rings (SSSR count). The molecule has 0 amide bonds. The van der Waals surface area contributed by atoms with Crippen LogP contribution in [0, 0.1) is 0 Å². The molecule has 0 bridgehead atoms. The second-order valence-electron chi connectivity index (χ2n) is 1.32. The van der Waals surface area contributed by atoms with Crippen molar-refractivity contribution in [2.45, 2.75) is 6.92 Å². The van der Waals surface area contributed by atoms with Crippen LogP contribution in [0.4, 0.5) is 0 Å². The van der Waals surface area contributed by atoms with E-state index >= 15 is 0 Å². The molecule has 0 saturated heterocycles. The van der Waals surface area contributed by atoms with Crippen molar-refractivity contribution in [3.63, 3.8) is 0 Å². The van der Waals surface area contributed by atoms with Crippen LogP contribution in [0.5, 0.6) is 0 Å². The number of rotatable bonds is 3. The maximum atomic E-state index is 10.3. The highest BCUT2D eigenvalue weighted by Gasteiger charge is 2.04. The van der Waals surface area contributed by atoms with Crippen LogP contribution in [0.3, 0.4) is 0 Å². The zero-order chi connectivity index (χ0) is 6.62. The molecule has 0 saturated carbocycles. The van der Waals surface area contributed by atoms with Gasteiger partial charge in [0, 0.05) is 5.75 Å². The molecule has 0 aliphatic carbocycles. The average Bonchev–Trinajstić information content (AvgIpc) is 1.67. The van der Waals surface area contributed by atoms with Crippen molar-refractivity contribution < 1.29 is 13.2 Å². The summed E-state index contributed by atoms with van der Waals surface area (Å²) < 4.78 is 20.7. The van der Waals surface area contributed by atoms with Crippen molar-refractivity contribution in [2.75, 3.05) is 11.5 Å². The summed E-state index contributed by atoms with van der Waals surface area (Å²) in [7, 11) is -3.09. The Morgan fingerprint density at radius 2 is 2.00 bits per heavy atom. The molecular formula is C4H7O3S. The van der Waals surface area contributed by atoms with Gasteiger partial charge in [-0.1, -0.05) is 6.92 Å². The van der Waals surface area contributed by atoms with Gasteiger partial charge < -0.3 is 0 Å². The maximum absolute atomic E-state index is 10.3. The quantitative estimate of drug-likeness (QED) is 0.525. The molecule has 0 aliphatic rings. The predicted molar refractivity (Wildman–Crippen MR) is 30.0 cm³/mol. The molecule has 3 nitrogen and oxygen atoms in total. The van der Waals surface area contributed by atoms with Crippen LogP contribution in [0.1, 0.15) is 6.92 Å². The molecule has 0 aromatic heterocycles. The molecule has 0 N–H and O–H groups in total. The van der Waals surface area contributed by atoms with E-state index in [2.05, 4.69) is 0 Å². The number of sulfone groups is 1. The van der Waals surface area contributed by atoms with Crippen LogP contribution in [0.25, 0.3) is 0 Å². The molecule has 4 heteroatoms. The van der Waals surface area contributed by atoms with Gasteiger partial charge in [0.15, 0.2) is 9.84 Å². The lowest BCUT2D eigenvalue weighted by Gasteiger charge is -1.87. The Morgan fingerprint density at radius 3 is 2.12 bits per heavy atom. The fourth-order valence-electron chi connectivity index (χ4n) is 0.192. The molecule has 0 atom stereocenters. The molecule has 47 valence electrons. The van der Waals surface area contributed by atoms with Gasteiger partial charge in [-0.05, 0) is 0 Å². The van der Waals surface area contributed by atoms with Gasteiger partial charge in [-0.2, -0.15) is 0 Å². The largest absolute Gasteiger partial charge is 0.290 e. The maximum Gasteiger partial charge on any atom is 0.214 e. The third-order valence-corrected chi connectivity index (χ3v) is 2.16. The van der Waals surface area contributed by atoms with Crippen LogP contribution in [-0.2, 0) is 14.6 Å². The van der Waals surface area contributed by atoms with E-state index in [-0.39, 0.29) is 5.75 Å². The highest BCUT2D eigenvalue weighted by Crippen LogP contribution is 1.83. The van der Waals surface area contributed by atoms with Gasteiger partial charge >= 0.3 is 0 Å². The number of hydrogen-bond acceptors (Lipinski definition) is 3. The minimum atomic E-state index is -3.09. The lowest BCUT2D eigenvalue weighted by atomic mass is 10.9. The summed E-state index contributed by atoms with van der Waals surface area (Å²) in [4.78, 5) is 9.48. The molecule has 0 aromatic rings. The summed E-state index contributed by atoms with van der Waals surface area (Å²) in [5.74, 6) is -0.453. The van der Waals surface area contributed by atoms with E-state index in [1.807, 2.05) is 0 Å². The van der Waals surface area contributed by atoms with Crippen LogP contribution in [0.15, 0.2) is 0 Å². The lowest BCUT2D eigenvalue weighted by Crippen LogP contribution is -2.08. The van der Waals surface area contributed by atoms with Gasteiger partial charge in [0.05, 0.1) is 0 Å². The molecule has 1 radical (unpaired) electrons. The van der Waals surface area contributed by atoms with Gasteiger partial charge in [0.1, 0.15) is 5.75 Å². The zero-order valence-electron chi connectivity index (χ0n) is 4.55. The van der Waals surface area contributed by atoms with Gasteiger partial charge in [0.25, 0.3) is 0 Å². The molecule has 0 unspecified atom stereocenters. The Labute approximate surface area is 48.6 Å². The fourth-order valence-corrected chi connectivity index (χ4v) is 0.576. The van der Waals surface area contributed by atoms with E-state index in [4.69, 9.17) is 0 Å². The summed E-state index contributed by atoms with van der Waals surface area (Å²) in [6, 6.07) is 0. The van der Waals surface area contributed by atoms with E-state index < -0.39 is 15.6 Å². The van der Waals surface area contributed by atoms with E-state index in [0.717, 1.165) is 0 Å². The first kappa shape index (κ1) is 7.62. The van der Waals surface area contributed by atoms with Crippen molar-refractivity contribution in [2.24, 2.45) is 0 Å². The summed E-state index contributed by atoms with van der Waals surface area (Å²) in [6.07, 6.45) is 1.32. The Balaban J connectivity index is 3.94. The monoisotopic (exact) mass is 135 g/mol. The normalized spacial score (nSPS) is 11.1. The smallest absolute Gasteiger partial charge is 0.214 e. The Kier molecular flexibility index (Phi) is 2.68. The van der Waals surface area contributed by atoms with E-state index in [1.165, 1.54) is 13.2 Å². The molecular weight excluding hydrogens is 128 g/mol. The first-order chi connectivity index (χ1) is 3.62. The molecule has 8 heavy (non-hydrogen) atoms. The SMILES string of the molecule is CCS(=O)(=O)C[C]=O. The molecule has 0 fully saturated rings. The first-order valence-corrected chi connectivity index (χ1v) is 4.00. The number of hydrogen-bond donors (Lipinski definition) is 0. The van der Waals surface area contributed by atoms with Gasteiger partial charge in [-0.3, -0.25) is 4.79 Å². The van der Waals surface area contributed by atoms with Gasteiger partial charge in [0.2, 0.25) is 6.29 Å². The standard InChI is InChI=1S/C4H7O3S/c1-2-8(6,7)4-3-5/h2,4H2,1H3. The molecule has 0 aromatic carbocycles. The van der Waals surface area contributed by atoms with Crippen molar-refractivity contribution in [3.8, 4) is 0 Å².